The number of methoxy groups -OCH3 is 1. The number of nitrogens with two attached hydrogens (primary N) is 1. The summed E-state index contributed by atoms with van der Waals surface area (Å²) in [5.41, 5.74) is 7.54. The first-order valence-electron chi connectivity index (χ1n) is 5.96. The van der Waals surface area contributed by atoms with Gasteiger partial charge in [-0.15, -0.1) is 0 Å². The van der Waals surface area contributed by atoms with Crippen LogP contribution in [0, 0.1) is 0 Å². The first-order valence-corrected chi connectivity index (χ1v) is 5.96. The monoisotopic (exact) mass is 251 g/mol. The van der Waals surface area contributed by atoms with Crippen LogP contribution in [-0.2, 0) is 11.3 Å². The maximum Gasteiger partial charge on any atom is 0.233 e. The lowest BCUT2D eigenvalue weighted by molar-refractivity contribution is -0.121. The SMILES string of the molecule is CCN(CC(=O)NC)Cc1ccc(OC)c(N)c1. The van der Waals surface area contributed by atoms with E-state index < -0.39 is 0 Å². The Bertz CT molecular complexity index is 407. The maximum atomic E-state index is 11.3. The van der Waals surface area contributed by atoms with Crippen molar-refractivity contribution in [2.24, 2.45) is 0 Å². The van der Waals surface area contributed by atoms with Crippen molar-refractivity contribution in [2.45, 2.75) is 13.5 Å². The molecule has 5 heteroatoms. The lowest BCUT2D eigenvalue weighted by atomic mass is 10.1. The van der Waals surface area contributed by atoms with Crippen molar-refractivity contribution >= 4 is 11.6 Å². The lowest BCUT2D eigenvalue weighted by Crippen LogP contribution is -2.35. The van der Waals surface area contributed by atoms with Crippen molar-refractivity contribution in [1.29, 1.82) is 0 Å². The highest BCUT2D eigenvalue weighted by molar-refractivity contribution is 5.77. The van der Waals surface area contributed by atoms with Crippen LogP contribution < -0.4 is 15.8 Å². The van der Waals surface area contributed by atoms with Gasteiger partial charge in [0.15, 0.2) is 0 Å². The molecule has 0 saturated heterocycles. The first kappa shape index (κ1) is 14.3. The summed E-state index contributed by atoms with van der Waals surface area (Å²) in [6.45, 7) is 3.91. The second kappa shape index (κ2) is 6.86. The molecule has 0 unspecified atom stereocenters. The van der Waals surface area contributed by atoms with Crippen molar-refractivity contribution in [2.75, 3.05) is 33.0 Å². The van der Waals surface area contributed by atoms with Crippen LogP contribution in [0.1, 0.15) is 12.5 Å². The van der Waals surface area contributed by atoms with Crippen molar-refractivity contribution in [3.05, 3.63) is 23.8 Å². The van der Waals surface area contributed by atoms with E-state index in [2.05, 4.69) is 5.32 Å². The second-order valence-corrected chi connectivity index (χ2v) is 4.05. The Morgan fingerprint density at radius 1 is 1.50 bits per heavy atom. The van der Waals surface area contributed by atoms with Crippen LogP contribution in [0.5, 0.6) is 5.75 Å². The molecule has 0 aromatic heterocycles. The standard InChI is InChI=1S/C13H21N3O2/c1-4-16(9-13(17)15-2)8-10-5-6-12(18-3)11(14)7-10/h5-7H,4,8-9,14H2,1-3H3,(H,15,17). The third-order valence-electron chi connectivity index (χ3n) is 2.79. The number of anilines is 1. The molecule has 0 spiro atoms. The molecule has 5 nitrogen and oxygen atoms in total. The number of nitrogens with zero attached hydrogens (tertiary/aromatic N) is 1. The van der Waals surface area contributed by atoms with Gasteiger partial charge in [0.2, 0.25) is 5.91 Å². The predicted molar refractivity (Wildman–Crippen MR) is 72.4 cm³/mol. The van der Waals surface area contributed by atoms with Crippen LogP contribution >= 0.6 is 0 Å². The fraction of sp³-hybridized carbons (Fsp3) is 0.462. The van der Waals surface area contributed by atoms with Gasteiger partial charge in [0.05, 0.1) is 19.3 Å². The number of hydrogen-bond acceptors (Lipinski definition) is 4. The summed E-state index contributed by atoms with van der Waals surface area (Å²) < 4.78 is 5.11. The number of nitrogen functional groups attached to an aromatic ring is 1. The quantitative estimate of drug-likeness (QED) is 0.735. The van der Waals surface area contributed by atoms with Gasteiger partial charge in [0.1, 0.15) is 5.75 Å². The number of rotatable bonds is 6. The van der Waals surface area contributed by atoms with E-state index >= 15 is 0 Å². The average Bonchev–Trinajstić information content (AvgIpc) is 2.38. The molecule has 0 radical (unpaired) electrons. The zero-order chi connectivity index (χ0) is 13.5. The predicted octanol–water partition coefficient (Wildman–Crippen LogP) is 0.845. The Morgan fingerprint density at radius 2 is 2.22 bits per heavy atom. The summed E-state index contributed by atoms with van der Waals surface area (Å²) in [7, 11) is 3.23. The van der Waals surface area contributed by atoms with Gasteiger partial charge in [0, 0.05) is 13.6 Å². The van der Waals surface area contributed by atoms with Crippen LogP contribution in [0.3, 0.4) is 0 Å². The summed E-state index contributed by atoms with van der Waals surface area (Å²) >= 11 is 0. The molecule has 0 heterocycles. The van der Waals surface area contributed by atoms with E-state index in [4.69, 9.17) is 10.5 Å². The summed E-state index contributed by atoms with van der Waals surface area (Å²) in [4.78, 5) is 13.4. The molecule has 100 valence electrons. The smallest absolute Gasteiger partial charge is 0.233 e. The molecule has 0 fully saturated rings. The fourth-order valence-electron chi connectivity index (χ4n) is 1.70. The van der Waals surface area contributed by atoms with Crippen molar-refractivity contribution in [3.8, 4) is 5.75 Å². The van der Waals surface area contributed by atoms with Crippen LogP contribution in [0.15, 0.2) is 18.2 Å². The largest absolute Gasteiger partial charge is 0.495 e. The summed E-state index contributed by atoms with van der Waals surface area (Å²) in [5, 5.41) is 2.62. The normalized spacial score (nSPS) is 10.4. The minimum absolute atomic E-state index is 0.0123. The van der Waals surface area contributed by atoms with Gasteiger partial charge in [-0.3, -0.25) is 9.69 Å². The molecular formula is C13H21N3O2. The molecule has 0 aliphatic rings. The van der Waals surface area contributed by atoms with E-state index in [1.807, 2.05) is 30.0 Å². The Balaban J connectivity index is 2.70. The number of likely N-dealkylation sites (N-methyl/N-ethyl adjacent to an activating group) is 2. The van der Waals surface area contributed by atoms with Crippen molar-refractivity contribution < 1.29 is 9.53 Å². The molecule has 0 aliphatic heterocycles. The Morgan fingerprint density at radius 3 is 2.72 bits per heavy atom. The highest BCUT2D eigenvalue weighted by atomic mass is 16.5. The zero-order valence-electron chi connectivity index (χ0n) is 11.2. The molecule has 1 aromatic carbocycles. The Kier molecular flexibility index (Phi) is 5.45. The molecule has 0 atom stereocenters. The molecular weight excluding hydrogens is 230 g/mol. The highest BCUT2D eigenvalue weighted by Crippen LogP contribution is 2.22. The number of amides is 1. The van der Waals surface area contributed by atoms with E-state index in [1.165, 1.54) is 0 Å². The Labute approximate surface area is 108 Å². The van der Waals surface area contributed by atoms with Crippen LogP contribution in [-0.4, -0.2) is 38.1 Å². The average molecular weight is 251 g/mol. The lowest BCUT2D eigenvalue weighted by Gasteiger charge is -2.19. The molecule has 0 saturated carbocycles. The molecule has 3 N–H and O–H groups in total. The number of nitrogens with one attached hydrogen (secondary N) is 1. The van der Waals surface area contributed by atoms with E-state index in [1.54, 1.807) is 14.2 Å². The van der Waals surface area contributed by atoms with Crippen molar-refractivity contribution in [3.63, 3.8) is 0 Å². The number of ether oxygens (including phenoxy) is 1. The first-order chi connectivity index (χ1) is 8.60. The molecule has 18 heavy (non-hydrogen) atoms. The number of benzene rings is 1. The van der Waals surface area contributed by atoms with Gasteiger partial charge in [-0.05, 0) is 24.2 Å². The molecule has 1 aromatic rings. The second-order valence-electron chi connectivity index (χ2n) is 4.05. The molecule has 1 amide bonds. The summed E-state index contributed by atoms with van der Waals surface area (Å²) in [6, 6.07) is 5.69. The number of carbonyl (C=O) groups excluding carboxylic acids is 1. The van der Waals surface area contributed by atoms with E-state index in [9.17, 15) is 4.79 Å². The third kappa shape index (κ3) is 3.92. The van der Waals surface area contributed by atoms with Crippen LogP contribution in [0.2, 0.25) is 0 Å². The molecule has 1 rings (SSSR count). The van der Waals surface area contributed by atoms with Crippen LogP contribution in [0.25, 0.3) is 0 Å². The van der Waals surface area contributed by atoms with E-state index in [0.717, 1.165) is 12.1 Å². The topological polar surface area (TPSA) is 67.6 Å². The number of carbonyl (C=O) groups is 1. The van der Waals surface area contributed by atoms with Gasteiger partial charge >= 0.3 is 0 Å². The van der Waals surface area contributed by atoms with E-state index in [0.29, 0.717) is 24.5 Å². The molecule has 0 bridgehead atoms. The van der Waals surface area contributed by atoms with Gasteiger partial charge in [-0.1, -0.05) is 13.0 Å². The van der Waals surface area contributed by atoms with Gasteiger partial charge in [-0.25, -0.2) is 0 Å². The zero-order valence-corrected chi connectivity index (χ0v) is 11.2. The van der Waals surface area contributed by atoms with Gasteiger partial charge in [0.25, 0.3) is 0 Å². The number of hydrogen-bond donors (Lipinski definition) is 2. The molecule has 0 aliphatic carbocycles. The third-order valence-corrected chi connectivity index (χ3v) is 2.79. The highest BCUT2D eigenvalue weighted by Gasteiger charge is 2.09. The Hall–Kier alpha value is -1.75. The van der Waals surface area contributed by atoms with E-state index in [-0.39, 0.29) is 5.91 Å². The minimum atomic E-state index is 0.0123. The summed E-state index contributed by atoms with van der Waals surface area (Å²) in [6.07, 6.45) is 0. The fourth-order valence-corrected chi connectivity index (χ4v) is 1.70. The van der Waals surface area contributed by atoms with Gasteiger partial charge in [-0.2, -0.15) is 0 Å². The summed E-state index contributed by atoms with van der Waals surface area (Å²) in [5.74, 6) is 0.687. The van der Waals surface area contributed by atoms with Crippen LogP contribution in [0.4, 0.5) is 5.69 Å². The maximum absolute atomic E-state index is 11.3. The minimum Gasteiger partial charge on any atom is -0.495 e. The van der Waals surface area contributed by atoms with Crippen molar-refractivity contribution in [1.82, 2.24) is 10.2 Å². The van der Waals surface area contributed by atoms with Gasteiger partial charge < -0.3 is 15.8 Å².